The molecule has 0 aliphatic heterocycles. The second-order valence-corrected chi connectivity index (χ2v) is 6.37. The molecule has 2 aromatic carbocycles. The molecular formula is C18H19BrN2O2. The van der Waals surface area contributed by atoms with Gasteiger partial charge in [-0.1, -0.05) is 34.1 Å². The summed E-state index contributed by atoms with van der Waals surface area (Å²) in [5, 5.41) is 2.86. The zero-order valence-corrected chi connectivity index (χ0v) is 14.8. The molecule has 5 heteroatoms. The van der Waals surface area contributed by atoms with Gasteiger partial charge in [0.25, 0.3) is 5.91 Å². The van der Waals surface area contributed by atoms with E-state index in [0.29, 0.717) is 18.4 Å². The van der Waals surface area contributed by atoms with E-state index in [9.17, 15) is 9.59 Å². The minimum absolute atomic E-state index is 0.108. The lowest BCUT2D eigenvalue weighted by Crippen LogP contribution is -2.21. The first-order valence-corrected chi connectivity index (χ1v) is 8.11. The number of halogens is 1. The second-order valence-electron chi connectivity index (χ2n) is 5.45. The minimum atomic E-state index is -0.151. The van der Waals surface area contributed by atoms with Crippen LogP contribution in [-0.2, 0) is 11.2 Å². The van der Waals surface area contributed by atoms with Gasteiger partial charge in [-0.25, -0.2) is 0 Å². The molecule has 2 amide bonds. The summed E-state index contributed by atoms with van der Waals surface area (Å²) in [6.45, 7) is 0. The van der Waals surface area contributed by atoms with Gasteiger partial charge in [0.05, 0.1) is 0 Å². The van der Waals surface area contributed by atoms with Crippen LogP contribution >= 0.6 is 15.9 Å². The van der Waals surface area contributed by atoms with E-state index in [1.807, 2.05) is 36.4 Å². The second kappa shape index (κ2) is 7.92. The van der Waals surface area contributed by atoms with Crippen molar-refractivity contribution in [2.24, 2.45) is 0 Å². The van der Waals surface area contributed by atoms with Crippen LogP contribution in [0.3, 0.4) is 0 Å². The summed E-state index contributed by atoms with van der Waals surface area (Å²) in [4.78, 5) is 25.3. The highest BCUT2D eigenvalue weighted by Gasteiger charge is 2.07. The maximum absolute atomic E-state index is 12.2. The molecule has 0 aromatic heterocycles. The summed E-state index contributed by atoms with van der Waals surface area (Å²) in [7, 11) is 3.51. The number of carbonyl (C=O) groups is 2. The van der Waals surface area contributed by atoms with Crippen molar-refractivity contribution in [1.82, 2.24) is 4.90 Å². The van der Waals surface area contributed by atoms with Crippen molar-refractivity contribution >= 4 is 33.4 Å². The highest BCUT2D eigenvalue weighted by Crippen LogP contribution is 2.15. The number of carbonyl (C=O) groups excluding carboxylic acids is 2. The summed E-state index contributed by atoms with van der Waals surface area (Å²) < 4.78 is 0.867. The standard InChI is InChI=1S/C18H19BrN2O2/c1-21(2)17(22)11-8-13-6-9-16(10-7-13)20-18(23)14-4-3-5-15(19)12-14/h3-7,9-10,12H,8,11H2,1-2H3,(H,20,23). The van der Waals surface area contributed by atoms with Crippen LogP contribution in [0.1, 0.15) is 22.3 Å². The molecule has 0 aliphatic carbocycles. The molecule has 0 atom stereocenters. The van der Waals surface area contributed by atoms with Gasteiger partial charge in [0.2, 0.25) is 5.91 Å². The normalized spacial score (nSPS) is 10.2. The zero-order valence-electron chi connectivity index (χ0n) is 13.2. The minimum Gasteiger partial charge on any atom is -0.349 e. The molecule has 4 nitrogen and oxygen atoms in total. The van der Waals surface area contributed by atoms with Crippen molar-refractivity contribution in [3.63, 3.8) is 0 Å². The lowest BCUT2D eigenvalue weighted by atomic mass is 10.1. The third kappa shape index (κ3) is 5.21. The number of benzene rings is 2. The fourth-order valence-corrected chi connectivity index (χ4v) is 2.46. The number of hydrogen-bond donors (Lipinski definition) is 1. The molecule has 0 bridgehead atoms. The van der Waals surface area contributed by atoms with Gasteiger partial charge in [-0.05, 0) is 42.3 Å². The molecule has 0 saturated carbocycles. The van der Waals surface area contributed by atoms with E-state index in [1.54, 1.807) is 31.1 Å². The topological polar surface area (TPSA) is 49.4 Å². The van der Waals surface area contributed by atoms with E-state index in [4.69, 9.17) is 0 Å². The number of nitrogens with one attached hydrogen (secondary N) is 1. The third-order valence-corrected chi connectivity index (χ3v) is 3.92. The van der Waals surface area contributed by atoms with Crippen molar-refractivity contribution in [3.05, 3.63) is 64.1 Å². The SMILES string of the molecule is CN(C)C(=O)CCc1ccc(NC(=O)c2cccc(Br)c2)cc1. The van der Waals surface area contributed by atoms with Crippen LogP contribution in [0, 0.1) is 0 Å². The van der Waals surface area contributed by atoms with Gasteiger partial charge < -0.3 is 10.2 Å². The van der Waals surface area contributed by atoms with Crippen LogP contribution in [0.25, 0.3) is 0 Å². The number of nitrogens with zero attached hydrogens (tertiary/aromatic N) is 1. The van der Waals surface area contributed by atoms with Crippen LogP contribution < -0.4 is 5.32 Å². The fraction of sp³-hybridized carbons (Fsp3) is 0.222. The zero-order chi connectivity index (χ0) is 16.8. The summed E-state index contributed by atoms with van der Waals surface area (Å²) in [5.41, 5.74) is 2.40. The van der Waals surface area contributed by atoms with Crippen molar-refractivity contribution in [3.8, 4) is 0 Å². The van der Waals surface area contributed by atoms with Gasteiger partial charge in [-0.3, -0.25) is 9.59 Å². The first-order chi connectivity index (χ1) is 11.0. The molecule has 1 N–H and O–H groups in total. The average molecular weight is 375 g/mol. The van der Waals surface area contributed by atoms with E-state index < -0.39 is 0 Å². The highest BCUT2D eigenvalue weighted by atomic mass is 79.9. The Morgan fingerprint density at radius 2 is 1.78 bits per heavy atom. The Hall–Kier alpha value is -2.14. The van der Waals surface area contributed by atoms with Crippen LogP contribution in [0.2, 0.25) is 0 Å². The van der Waals surface area contributed by atoms with E-state index in [0.717, 1.165) is 15.7 Å². The molecule has 0 spiro atoms. The Morgan fingerprint density at radius 1 is 1.09 bits per heavy atom. The van der Waals surface area contributed by atoms with Crippen LogP contribution in [0.15, 0.2) is 53.0 Å². The molecule has 2 aromatic rings. The van der Waals surface area contributed by atoms with Gasteiger partial charge >= 0.3 is 0 Å². The maximum atomic E-state index is 12.2. The molecule has 23 heavy (non-hydrogen) atoms. The number of rotatable bonds is 5. The monoisotopic (exact) mass is 374 g/mol. The molecule has 2 rings (SSSR count). The molecule has 0 heterocycles. The third-order valence-electron chi connectivity index (χ3n) is 3.42. The number of anilines is 1. The summed E-state index contributed by atoms with van der Waals surface area (Å²) in [5.74, 6) is -0.0427. The van der Waals surface area contributed by atoms with Crippen molar-refractivity contribution in [2.45, 2.75) is 12.8 Å². The predicted molar refractivity (Wildman–Crippen MR) is 95.6 cm³/mol. The van der Waals surface area contributed by atoms with Crippen LogP contribution in [0.4, 0.5) is 5.69 Å². The van der Waals surface area contributed by atoms with E-state index in [2.05, 4.69) is 21.2 Å². The van der Waals surface area contributed by atoms with E-state index in [-0.39, 0.29) is 11.8 Å². The predicted octanol–water partition coefficient (Wildman–Crippen LogP) is 3.72. The Kier molecular flexibility index (Phi) is 5.93. The summed E-state index contributed by atoms with van der Waals surface area (Å²) >= 11 is 3.35. The first kappa shape index (κ1) is 17.2. The Labute approximate surface area is 144 Å². The summed E-state index contributed by atoms with van der Waals surface area (Å²) in [6.07, 6.45) is 1.17. The van der Waals surface area contributed by atoms with Crippen molar-refractivity contribution in [2.75, 3.05) is 19.4 Å². The van der Waals surface area contributed by atoms with Crippen LogP contribution in [0.5, 0.6) is 0 Å². The molecule has 0 fully saturated rings. The molecule has 0 radical (unpaired) electrons. The van der Waals surface area contributed by atoms with Gasteiger partial charge in [-0.2, -0.15) is 0 Å². The Bertz CT molecular complexity index is 696. The van der Waals surface area contributed by atoms with Gasteiger partial charge in [0.15, 0.2) is 0 Å². The first-order valence-electron chi connectivity index (χ1n) is 7.32. The number of aryl methyl sites for hydroxylation is 1. The van der Waals surface area contributed by atoms with Crippen LogP contribution in [-0.4, -0.2) is 30.8 Å². The number of amides is 2. The van der Waals surface area contributed by atoms with Crippen molar-refractivity contribution < 1.29 is 9.59 Å². The lowest BCUT2D eigenvalue weighted by molar-refractivity contribution is -0.128. The van der Waals surface area contributed by atoms with Gasteiger partial charge in [0, 0.05) is 36.2 Å². The van der Waals surface area contributed by atoms with Crippen molar-refractivity contribution in [1.29, 1.82) is 0 Å². The van der Waals surface area contributed by atoms with Gasteiger partial charge in [0.1, 0.15) is 0 Å². The maximum Gasteiger partial charge on any atom is 0.255 e. The number of hydrogen-bond acceptors (Lipinski definition) is 2. The molecule has 0 unspecified atom stereocenters. The summed E-state index contributed by atoms with van der Waals surface area (Å²) in [6, 6.07) is 14.8. The van der Waals surface area contributed by atoms with E-state index in [1.165, 1.54) is 0 Å². The Balaban J connectivity index is 1.94. The largest absolute Gasteiger partial charge is 0.349 e. The quantitative estimate of drug-likeness (QED) is 0.866. The molecule has 0 saturated heterocycles. The van der Waals surface area contributed by atoms with Gasteiger partial charge in [-0.15, -0.1) is 0 Å². The highest BCUT2D eigenvalue weighted by molar-refractivity contribution is 9.10. The molecular weight excluding hydrogens is 356 g/mol. The lowest BCUT2D eigenvalue weighted by Gasteiger charge is -2.10. The average Bonchev–Trinajstić information content (AvgIpc) is 2.53. The van der Waals surface area contributed by atoms with E-state index >= 15 is 0 Å². The molecule has 0 aliphatic rings. The smallest absolute Gasteiger partial charge is 0.255 e. The molecule has 120 valence electrons. The fourth-order valence-electron chi connectivity index (χ4n) is 2.06. The Morgan fingerprint density at radius 3 is 2.39 bits per heavy atom.